The second kappa shape index (κ2) is 4.61. The summed E-state index contributed by atoms with van der Waals surface area (Å²) in [6.45, 7) is 1.53. The van der Waals surface area contributed by atoms with Crippen LogP contribution in [0.15, 0.2) is 18.2 Å². The van der Waals surface area contributed by atoms with Crippen molar-refractivity contribution in [3.05, 3.63) is 33.9 Å². The van der Waals surface area contributed by atoms with Crippen molar-refractivity contribution < 1.29 is 14.8 Å². The maximum Gasteiger partial charge on any atom is 0.323 e. The van der Waals surface area contributed by atoms with E-state index in [4.69, 9.17) is 5.11 Å². The lowest BCUT2D eigenvalue weighted by atomic mass is 10.2. The molecular weight excluding hydrogens is 212 g/mol. The number of aryl methyl sites for hydroxylation is 1. The van der Waals surface area contributed by atoms with Gasteiger partial charge in [-0.3, -0.25) is 14.9 Å². The number of aliphatic carboxylic acids is 1. The molecule has 86 valence electrons. The predicted octanol–water partition coefficient (Wildman–Crippen LogP) is 1.42. The molecule has 6 heteroatoms. The number of nitro groups is 1. The monoisotopic (exact) mass is 224 g/mol. The van der Waals surface area contributed by atoms with Crippen LogP contribution < -0.4 is 4.90 Å². The molecule has 1 aromatic rings. The lowest BCUT2D eigenvalue weighted by molar-refractivity contribution is -0.384. The van der Waals surface area contributed by atoms with Gasteiger partial charge in [0.15, 0.2) is 0 Å². The van der Waals surface area contributed by atoms with Crippen molar-refractivity contribution in [1.82, 2.24) is 0 Å². The van der Waals surface area contributed by atoms with Crippen LogP contribution >= 0.6 is 0 Å². The molecule has 0 saturated carbocycles. The van der Waals surface area contributed by atoms with Gasteiger partial charge in [0.2, 0.25) is 0 Å². The van der Waals surface area contributed by atoms with Gasteiger partial charge in [-0.1, -0.05) is 0 Å². The lowest BCUT2D eigenvalue weighted by Crippen LogP contribution is -2.25. The third-order valence-corrected chi connectivity index (χ3v) is 2.07. The number of rotatable bonds is 4. The van der Waals surface area contributed by atoms with Crippen LogP contribution in [-0.2, 0) is 4.79 Å². The van der Waals surface area contributed by atoms with Crippen molar-refractivity contribution >= 4 is 17.3 Å². The van der Waals surface area contributed by atoms with E-state index < -0.39 is 10.9 Å². The molecule has 6 nitrogen and oxygen atoms in total. The molecular formula is C10H12N2O4. The summed E-state index contributed by atoms with van der Waals surface area (Å²) < 4.78 is 0. The van der Waals surface area contributed by atoms with Crippen LogP contribution in [0.1, 0.15) is 5.56 Å². The van der Waals surface area contributed by atoms with E-state index in [-0.39, 0.29) is 12.2 Å². The average molecular weight is 224 g/mol. The summed E-state index contributed by atoms with van der Waals surface area (Å²) in [5.74, 6) is -0.980. The van der Waals surface area contributed by atoms with E-state index in [1.54, 1.807) is 20.0 Å². The highest BCUT2D eigenvalue weighted by Crippen LogP contribution is 2.22. The van der Waals surface area contributed by atoms with Gasteiger partial charge in [-0.15, -0.1) is 0 Å². The summed E-state index contributed by atoms with van der Waals surface area (Å²) in [6, 6.07) is 4.50. The molecule has 16 heavy (non-hydrogen) atoms. The van der Waals surface area contributed by atoms with Gasteiger partial charge in [-0.05, 0) is 18.6 Å². The Kier molecular flexibility index (Phi) is 3.44. The Morgan fingerprint density at radius 2 is 2.12 bits per heavy atom. The fourth-order valence-electron chi connectivity index (χ4n) is 1.36. The van der Waals surface area contributed by atoms with Crippen LogP contribution in [0.3, 0.4) is 0 Å². The fourth-order valence-corrected chi connectivity index (χ4v) is 1.36. The maximum atomic E-state index is 10.6. The zero-order chi connectivity index (χ0) is 12.3. The van der Waals surface area contributed by atoms with Gasteiger partial charge in [-0.2, -0.15) is 0 Å². The number of hydrogen-bond acceptors (Lipinski definition) is 4. The molecule has 0 bridgehead atoms. The Bertz CT molecular complexity index is 431. The number of carbonyl (C=O) groups is 1. The van der Waals surface area contributed by atoms with Gasteiger partial charge in [0.05, 0.1) is 4.92 Å². The third-order valence-electron chi connectivity index (χ3n) is 2.07. The summed E-state index contributed by atoms with van der Waals surface area (Å²) in [5.41, 5.74) is 1.21. The number of anilines is 1. The van der Waals surface area contributed by atoms with E-state index in [1.807, 2.05) is 0 Å². The molecule has 0 heterocycles. The maximum absolute atomic E-state index is 10.6. The van der Waals surface area contributed by atoms with Gasteiger partial charge >= 0.3 is 5.97 Å². The molecule has 0 fully saturated rings. The molecule has 0 atom stereocenters. The highest BCUT2D eigenvalue weighted by Gasteiger charge is 2.12. The van der Waals surface area contributed by atoms with E-state index >= 15 is 0 Å². The van der Waals surface area contributed by atoms with Crippen molar-refractivity contribution in [3.63, 3.8) is 0 Å². The molecule has 0 aliphatic heterocycles. The molecule has 0 spiro atoms. The zero-order valence-corrected chi connectivity index (χ0v) is 9.01. The molecule has 0 radical (unpaired) electrons. The van der Waals surface area contributed by atoms with E-state index in [0.717, 1.165) is 5.56 Å². The fraction of sp³-hybridized carbons (Fsp3) is 0.300. The summed E-state index contributed by atoms with van der Waals surface area (Å²) in [6.07, 6.45) is 0. The van der Waals surface area contributed by atoms with Gasteiger partial charge < -0.3 is 10.0 Å². The van der Waals surface area contributed by atoms with E-state index in [1.165, 1.54) is 17.0 Å². The van der Waals surface area contributed by atoms with Crippen molar-refractivity contribution in [2.75, 3.05) is 18.5 Å². The number of likely N-dealkylation sites (N-methyl/N-ethyl adjacent to an activating group) is 1. The molecule has 1 N–H and O–H groups in total. The van der Waals surface area contributed by atoms with E-state index in [9.17, 15) is 14.9 Å². The van der Waals surface area contributed by atoms with Crippen molar-refractivity contribution in [1.29, 1.82) is 0 Å². The quantitative estimate of drug-likeness (QED) is 0.617. The smallest absolute Gasteiger partial charge is 0.323 e. The molecule has 1 aromatic carbocycles. The number of hydrogen-bond donors (Lipinski definition) is 1. The highest BCUT2D eigenvalue weighted by molar-refractivity contribution is 5.74. The number of nitrogens with zero attached hydrogens (tertiary/aromatic N) is 2. The Labute approximate surface area is 92.3 Å². The van der Waals surface area contributed by atoms with Gasteiger partial charge in [-0.25, -0.2) is 0 Å². The summed E-state index contributed by atoms with van der Waals surface area (Å²) in [7, 11) is 1.58. The molecule has 0 aliphatic rings. The van der Waals surface area contributed by atoms with Gasteiger partial charge in [0.25, 0.3) is 5.69 Å². The number of carboxylic acid groups (broad SMARTS) is 1. The first-order chi connectivity index (χ1) is 7.40. The Morgan fingerprint density at radius 3 is 2.62 bits per heavy atom. The van der Waals surface area contributed by atoms with Gasteiger partial charge in [0, 0.05) is 24.9 Å². The van der Waals surface area contributed by atoms with Crippen LogP contribution in [0.4, 0.5) is 11.4 Å². The number of nitro benzene ring substituents is 1. The first-order valence-corrected chi connectivity index (χ1v) is 4.59. The summed E-state index contributed by atoms with van der Waals surface area (Å²) in [5, 5.41) is 19.2. The first kappa shape index (κ1) is 12.0. The third kappa shape index (κ3) is 2.94. The van der Waals surface area contributed by atoms with Gasteiger partial charge in [0.1, 0.15) is 6.54 Å². The lowest BCUT2D eigenvalue weighted by Gasteiger charge is -2.16. The SMILES string of the molecule is Cc1cc(N(C)CC(=O)O)cc([N+](=O)[O-])c1. The minimum atomic E-state index is -0.980. The topological polar surface area (TPSA) is 83.7 Å². The van der Waals surface area contributed by atoms with Crippen LogP contribution in [0.2, 0.25) is 0 Å². The predicted molar refractivity (Wildman–Crippen MR) is 58.7 cm³/mol. The standard InChI is InChI=1S/C10H12N2O4/c1-7-3-8(11(2)6-10(13)14)5-9(4-7)12(15)16/h3-5H,6H2,1-2H3,(H,13,14). The van der Waals surface area contributed by atoms with Crippen LogP contribution in [0.5, 0.6) is 0 Å². The number of carboxylic acids is 1. The summed E-state index contributed by atoms with van der Waals surface area (Å²) in [4.78, 5) is 22.1. The normalized spacial score (nSPS) is 9.88. The molecule has 0 saturated heterocycles. The van der Waals surface area contributed by atoms with Crippen LogP contribution in [0, 0.1) is 17.0 Å². The Balaban J connectivity index is 3.04. The average Bonchev–Trinajstić information content (AvgIpc) is 2.15. The minimum absolute atomic E-state index is 0.0350. The molecule has 1 rings (SSSR count). The Morgan fingerprint density at radius 1 is 1.50 bits per heavy atom. The number of non-ortho nitro benzene ring substituents is 1. The zero-order valence-electron chi connectivity index (χ0n) is 9.01. The number of benzene rings is 1. The highest BCUT2D eigenvalue weighted by atomic mass is 16.6. The molecule has 0 aliphatic carbocycles. The van der Waals surface area contributed by atoms with E-state index in [0.29, 0.717) is 5.69 Å². The first-order valence-electron chi connectivity index (χ1n) is 4.59. The second-order valence-electron chi connectivity index (χ2n) is 3.53. The van der Waals surface area contributed by atoms with E-state index in [2.05, 4.69) is 0 Å². The Hall–Kier alpha value is -2.11. The molecule has 0 unspecified atom stereocenters. The van der Waals surface area contributed by atoms with Crippen molar-refractivity contribution in [2.45, 2.75) is 6.92 Å². The largest absolute Gasteiger partial charge is 0.480 e. The minimum Gasteiger partial charge on any atom is -0.480 e. The van der Waals surface area contributed by atoms with Crippen molar-refractivity contribution in [2.24, 2.45) is 0 Å². The van der Waals surface area contributed by atoms with Crippen LogP contribution in [0.25, 0.3) is 0 Å². The molecule has 0 amide bonds. The summed E-state index contributed by atoms with van der Waals surface area (Å²) >= 11 is 0. The second-order valence-corrected chi connectivity index (χ2v) is 3.53. The molecule has 0 aromatic heterocycles. The van der Waals surface area contributed by atoms with Crippen molar-refractivity contribution in [3.8, 4) is 0 Å². The van der Waals surface area contributed by atoms with Crippen LogP contribution in [-0.4, -0.2) is 29.6 Å².